The number of nitrogens with one attached hydrogen (secondary N) is 1. The number of carboxylic acid groups (broad SMARTS) is 1. The number of carboxylic acids is 1. The molecular weight excluding hydrogens is 230 g/mol. The minimum atomic E-state index is -0.787. The second-order valence-corrected chi connectivity index (χ2v) is 5.01. The molecule has 5 nitrogen and oxygen atoms in total. The molecule has 1 aromatic rings. The molecule has 0 aliphatic heterocycles. The van der Waals surface area contributed by atoms with Crippen molar-refractivity contribution in [3.63, 3.8) is 0 Å². The molecule has 0 bridgehead atoms. The number of nitrogens with zero attached hydrogens (tertiary/aromatic N) is 2. The Kier molecular flexibility index (Phi) is 5.85. The van der Waals surface area contributed by atoms with Gasteiger partial charge in [-0.05, 0) is 18.8 Å². The predicted octanol–water partition coefficient (Wildman–Crippen LogP) is 1.88. The zero-order valence-corrected chi connectivity index (χ0v) is 11.4. The van der Waals surface area contributed by atoms with Gasteiger partial charge < -0.3 is 10.4 Å². The first-order valence-electron chi connectivity index (χ1n) is 6.50. The minimum absolute atomic E-state index is 0.362. The molecule has 1 atom stereocenters. The topological polar surface area (TPSA) is 67.2 Å². The van der Waals surface area contributed by atoms with Gasteiger partial charge in [0.1, 0.15) is 6.04 Å². The van der Waals surface area contributed by atoms with E-state index in [4.69, 9.17) is 5.11 Å². The van der Waals surface area contributed by atoms with Crippen LogP contribution < -0.4 is 5.32 Å². The second-order valence-electron chi connectivity index (χ2n) is 5.01. The van der Waals surface area contributed by atoms with Gasteiger partial charge in [0.2, 0.25) is 0 Å². The molecule has 0 amide bonds. The van der Waals surface area contributed by atoms with E-state index in [1.54, 1.807) is 6.20 Å². The monoisotopic (exact) mass is 253 g/mol. The first-order valence-corrected chi connectivity index (χ1v) is 6.50. The summed E-state index contributed by atoms with van der Waals surface area (Å²) in [6, 6.07) is -0.487. The summed E-state index contributed by atoms with van der Waals surface area (Å²) in [5.41, 5.74) is 1.03. The molecule has 0 saturated carbocycles. The van der Waals surface area contributed by atoms with Gasteiger partial charge in [-0.25, -0.2) is 0 Å². The molecule has 0 aromatic carbocycles. The molecule has 0 aliphatic carbocycles. The van der Waals surface area contributed by atoms with Crippen LogP contribution in [0.25, 0.3) is 0 Å². The Labute approximate surface area is 108 Å². The average Bonchev–Trinajstić information content (AvgIpc) is 2.72. The van der Waals surface area contributed by atoms with Crippen LogP contribution >= 0.6 is 0 Å². The van der Waals surface area contributed by atoms with E-state index in [0.29, 0.717) is 18.9 Å². The summed E-state index contributed by atoms with van der Waals surface area (Å²) in [7, 11) is 0. The molecule has 1 heterocycles. The second kappa shape index (κ2) is 7.16. The van der Waals surface area contributed by atoms with Crippen molar-refractivity contribution in [1.82, 2.24) is 15.1 Å². The quantitative estimate of drug-likeness (QED) is 0.742. The fourth-order valence-electron chi connectivity index (χ4n) is 1.83. The van der Waals surface area contributed by atoms with Gasteiger partial charge in [-0.1, -0.05) is 20.8 Å². The van der Waals surface area contributed by atoms with E-state index < -0.39 is 12.0 Å². The number of rotatable bonds is 8. The van der Waals surface area contributed by atoms with Gasteiger partial charge in [0.15, 0.2) is 0 Å². The number of aliphatic carboxylic acids is 1. The number of aryl methyl sites for hydroxylation is 1. The van der Waals surface area contributed by atoms with Crippen molar-refractivity contribution in [2.75, 3.05) is 0 Å². The molecule has 1 unspecified atom stereocenters. The van der Waals surface area contributed by atoms with Crippen molar-refractivity contribution in [1.29, 1.82) is 0 Å². The number of carbonyl (C=O) groups is 1. The lowest BCUT2D eigenvalue weighted by Crippen LogP contribution is -2.37. The average molecular weight is 253 g/mol. The van der Waals surface area contributed by atoms with Crippen molar-refractivity contribution >= 4 is 5.97 Å². The van der Waals surface area contributed by atoms with Crippen molar-refractivity contribution < 1.29 is 9.90 Å². The van der Waals surface area contributed by atoms with Crippen molar-refractivity contribution in [3.8, 4) is 0 Å². The highest BCUT2D eigenvalue weighted by Crippen LogP contribution is 2.06. The number of aromatic nitrogens is 2. The van der Waals surface area contributed by atoms with Crippen LogP contribution in [0.15, 0.2) is 12.4 Å². The molecule has 1 rings (SSSR count). The highest BCUT2D eigenvalue weighted by Gasteiger charge is 2.18. The largest absolute Gasteiger partial charge is 0.480 e. The van der Waals surface area contributed by atoms with E-state index >= 15 is 0 Å². The van der Waals surface area contributed by atoms with Crippen LogP contribution in [0.4, 0.5) is 0 Å². The number of hydrogen-bond acceptors (Lipinski definition) is 3. The molecule has 0 saturated heterocycles. The van der Waals surface area contributed by atoms with E-state index in [2.05, 4.69) is 17.3 Å². The van der Waals surface area contributed by atoms with Crippen LogP contribution in [0.5, 0.6) is 0 Å². The Balaban J connectivity index is 2.47. The zero-order valence-electron chi connectivity index (χ0n) is 11.4. The summed E-state index contributed by atoms with van der Waals surface area (Å²) < 4.78 is 1.88. The van der Waals surface area contributed by atoms with Crippen molar-refractivity contribution in [2.24, 2.45) is 5.92 Å². The fraction of sp³-hybridized carbons (Fsp3) is 0.692. The third-order valence-corrected chi connectivity index (χ3v) is 2.70. The van der Waals surface area contributed by atoms with Crippen LogP contribution in [-0.4, -0.2) is 26.9 Å². The Bertz CT molecular complexity index is 374. The summed E-state index contributed by atoms with van der Waals surface area (Å²) in [6.45, 7) is 7.60. The fourth-order valence-corrected chi connectivity index (χ4v) is 1.83. The van der Waals surface area contributed by atoms with Crippen LogP contribution in [0.2, 0.25) is 0 Å². The Morgan fingerprint density at radius 1 is 1.56 bits per heavy atom. The maximum absolute atomic E-state index is 11.1. The molecule has 102 valence electrons. The summed E-state index contributed by atoms with van der Waals surface area (Å²) in [6.07, 6.45) is 5.43. The van der Waals surface area contributed by atoms with Gasteiger partial charge in [-0.15, -0.1) is 0 Å². The highest BCUT2D eigenvalue weighted by molar-refractivity contribution is 5.73. The van der Waals surface area contributed by atoms with Gasteiger partial charge in [-0.3, -0.25) is 9.48 Å². The standard InChI is InChI=1S/C13H23N3O2/c1-4-5-16-9-11(8-15-16)7-14-12(13(17)18)6-10(2)3/h8-10,12,14H,4-7H2,1-3H3,(H,17,18). The van der Waals surface area contributed by atoms with Crippen molar-refractivity contribution in [2.45, 2.75) is 52.7 Å². The van der Waals surface area contributed by atoms with E-state index in [1.807, 2.05) is 24.7 Å². The SMILES string of the molecule is CCCn1cc(CNC(CC(C)C)C(=O)O)cn1. The van der Waals surface area contributed by atoms with E-state index in [-0.39, 0.29) is 0 Å². The summed E-state index contributed by atoms with van der Waals surface area (Å²) in [4.78, 5) is 11.1. The maximum atomic E-state index is 11.1. The first kappa shape index (κ1) is 14.7. The Morgan fingerprint density at radius 2 is 2.28 bits per heavy atom. The lowest BCUT2D eigenvalue weighted by Gasteiger charge is -2.15. The predicted molar refractivity (Wildman–Crippen MR) is 70.2 cm³/mol. The third-order valence-electron chi connectivity index (χ3n) is 2.70. The van der Waals surface area contributed by atoms with Crippen LogP contribution in [0.1, 0.15) is 39.2 Å². The molecule has 5 heteroatoms. The van der Waals surface area contributed by atoms with Gasteiger partial charge >= 0.3 is 5.97 Å². The molecule has 1 aromatic heterocycles. The summed E-state index contributed by atoms with van der Waals surface area (Å²) in [5, 5.41) is 16.4. The molecule has 0 radical (unpaired) electrons. The third kappa shape index (κ3) is 4.87. The maximum Gasteiger partial charge on any atom is 0.320 e. The Hall–Kier alpha value is -1.36. The van der Waals surface area contributed by atoms with E-state index in [9.17, 15) is 4.79 Å². The van der Waals surface area contributed by atoms with Crippen LogP contribution in [-0.2, 0) is 17.9 Å². The lowest BCUT2D eigenvalue weighted by molar-refractivity contribution is -0.140. The van der Waals surface area contributed by atoms with Crippen molar-refractivity contribution in [3.05, 3.63) is 18.0 Å². The minimum Gasteiger partial charge on any atom is -0.480 e. The first-order chi connectivity index (χ1) is 8.52. The smallest absolute Gasteiger partial charge is 0.320 e. The normalized spacial score (nSPS) is 12.9. The molecule has 0 spiro atoms. The highest BCUT2D eigenvalue weighted by atomic mass is 16.4. The summed E-state index contributed by atoms with van der Waals surface area (Å²) in [5.74, 6) is -0.425. The van der Waals surface area contributed by atoms with Crippen LogP contribution in [0.3, 0.4) is 0 Å². The molecule has 0 fully saturated rings. The van der Waals surface area contributed by atoms with Crippen LogP contribution in [0, 0.1) is 5.92 Å². The van der Waals surface area contributed by atoms with Gasteiger partial charge in [0, 0.05) is 24.8 Å². The lowest BCUT2D eigenvalue weighted by atomic mass is 10.0. The van der Waals surface area contributed by atoms with Gasteiger partial charge in [0.05, 0.1) is 6.20 Å². The Morgan fingerprint density at radius 3 is 2.83 bits per heavy atom. The van der Waals surface area contributed by atoms with E-state index in [0.717, 1.165) is 18.5 Å². The molecule has 2 N–H and O–H groups in total. The molecular formula is C13H23N3O2. The van der Waals surface area contributed by atoms with Gasteiger partial charge in [-0.2, -0.15) is 5.10 Å². The molecule has 18 heavy (non-hydrogen) atoms. The zero-order chi connectivity index (χ0) is 13.5. The number of hydrogen-bond donors (Lipinski definition) is 2. The van der Waals surface area contributed by atoms with E-state index in [1.165, 1.54) is 0 Å². The summed E-state index contributed by atoms with van der Waals surface area (Å²) >= 11 is 0. The molecule has 0 aliphatic rings. The van der Waals surface area contributed by atoms with Gasteiger partial charge in [0.25, 0.3) is 0 Å².